The third-order valence-corrected chi connectivity index (χ3v) is 6.67. The van der Waals surface area contributed by atoms with Crippen LogP contribution in [0, 0.1) is 6.92 Å². The molecule has 33 heavy (non-hydrogen) atoms. The Hall–Kier alpha value is -3.65. The van der Waals surface area contributed by atoms with E-state index in [2.05, 4.69) is 15.4 Å². The Morgan fingerprint density at radius 2 is 1.42 bits per heavy atom. The molecule has 0 spiro atoms. The number of hydrogen-bond acceptors (Lipinski definition) is 4. The van der Waals surface area contributed by atoms with E-state index in [-0.39, 0.29) is 16.8 Å². The van der Waals surface area contributed by atoms with Crippen LogP contribution in [0.25, 0.3) is 0 Å². The lowest BCUT2D eigenvalue weighted by Gasteiger charge is -2.16. The number of nitrogens with one attached hydrogen (secondary N) is 3. The molecule has 3 aromatic carbocycles. The predicted octanol–water partition coefficient (Wildman–Crippen LogP) is 4.58. The third kappa shape index (κ3) is 5.78. The summed E-state index contributed by atoms with van der Waals surface area (Å²) in [7, 11) is -3.80. The van der Waals surface area contributed by atoms with Crippen LogP contribution in [0.3, 0.4) is 0 Å². The molecule has 0 aliphatic rings. The highest BCUT2D eigenvalue weighted by Crippen LogP contribution is 2.24. The molecule has 3 N–H and O–H groups in total. The van der Waals surface area contributed by atoms with Gasteiger partial charge >= 0.3 is 0 Å². The summed E-state index contributed by atoms with van der Waals surface area (Å²) < 4.78 is 28.0. The first-order chi connectivity index (χ1) is 15.7. The van der Waals surface area contributed by atoms with Gasteiger partial charge in [0.1, 0.15) is 0 Å². The molecule has 0 fully saturated rings. The smallest absolute Gasteiger partial charge is 0.261 e. The number of anilines is 2. The van der Waals surface area contributed by atoms with E-state index in [0.717, 1.165) is 6.42 Å². The number of benzene rings is 3. The first kappa shape index (κ1) is 24.0. The van der Waals surface area contributed by atoms with Crippen molar-refractivity contribution in [2.45, 2.75) is 38.1 Å². The molecule has 7 nitrogen and oxygen atoms in total. The summed E-state index contributed by atoms with van der Waals surface area (Å²) in [5.41, 5.74) is 1.79. The summed E-state index contributed by atoms with van der Waals surface area (Å²) in [5, 5.41) is 5.68. The van der Waals surface area contributed by atoms with Gasteiger partial charge in [-0.15, -0.1) is 0 Å². The third-order valence-electron chi connectivity index (χ3n) is 5.29. The second kappa shape index (κ2) is 10.3. The molecule has 172 valence electrons. The maximum Gasteiger partial charge on any atom is 0.261 e. The average Bonchev–Trinajstić information content (AvgIpc) is 2.81. The summed E-state index contributed by atoms with van der Waals surface area (Å²) in [4.78, 5) is 25.8. The minimum absolute atomic E-state index is 0.00202. The van der Waals surface area contributed by atoms with Crippen molar-refractivity contribution >= 4 is 33.2 Å². The van der Waals surface area contributed by atoms with Gasteiger partial charge in [-0.25, -0.2) is 8.42 Å². The molecule has 0 heterocycles. The van der Waals surface area contributed by atoms with Crippen LogP contribution in [0.2, 0.25) is 0 Å². The van der Waals surface area contributed by atoms with Gasteiger partial charge in [0.05, 0.1) is 21.8 Å². The van der Waals surface area contributed by atoms with Crippen LogP contribution in [0.5, 0.6) is 0 Å². The quantitative estimate of drug-likeness (QED) is 0.453. The summed E-state index contributed by atoms with van der Waals surface area (Å²) >= 11 is 0. The van der Waals surface area contributed by atoms with E-state index in [4.69, 9.17) is 0 Å². The number of sulfonamides is 1. The number of rotatable bonds is 8. The van der Waals surface area contributed by atoms with Crippen molar-refractivity contribution in [3.8, 4) is 0 Å². The average molecular weight is 466 g/mol. The molecular formula is C25H27N3O4S. The lowest BCUT2D eigenvalue weighted by atomic mass is 10.1. The normalized spacial score (nSPS) is 12.0. The lowest BCUT2D eigenvalue weighted by molar-refractivity contribution is 0.0940. The van der Waals surface area contributed by atoms with Gasteiger partial charge in [0, 0.05) is 11.6 Å². The molecule has 0 aromatic heterocycles. The number of carbonyl (C=O) groups is 2. The Bertz CT molecular complexity index is 1260. The summed E-state index contributed by atoms with van der Waals surface area (Å²) in [5.74, 6) is -0.724. The molecule has 3 rings (SSSR count). The fourth-order valence-corrected chi connectivity index (χ4v) is 4.32. The van der Waals surface area contributed by atoms with Crippen LogP contribution in [0.1, 0.15) is 46.5 Å². The van der Waals surface area contributed by atoms with E-state index in [9.17, 15) is 18.0 Å². The maximum atomic E-state index is 13.1. The zero-order valence-electron chi connectivity index (χ0n) is 18.8. The van der Waals surface area contributed by atoms with Gasteiger partial charge in [-0.2, -0.15) is 0 Å². The first-order valence-electron chi connectivity index (χ1n) is 10.6. The van der Waals surface area contributed by atoms with Crippen LogP contribution < -0.4 is 15.4 Å². The van der Waals surface area contributed by atoms with Crippen LogP contribution in [-0.4, -0.2) is 26.3 Å². The molecule has 0 radical (unpaired) electrons. The highest BCUT2D eigenvalue weighted by molar-refractivity contribution is 7.92. The van der Waals surface area contributed by atoms with Crippen molar-refractivity contribution in [1.82, 2.24) is 5.32 Å². The van der Waals surface area contributed by atoms with Crippen molar-refractivity contribution in [3.05, 3.63) is 89.5 Å². The number of para-hydroxylation sites is 1. The van der Waals surface area contributed by atoms with Crippen LogP contribution in [0.4, 0.5) is 11.4 Å². The van der Waals surface area contributed by atoms with Crippen LogP contribution >= 0.6 is 0 Å². The summed E-state index contributed by atoms with van der Waals surface area (Å²) in [6.45, 7) is 5.55. The second-order valence-electron chi connectivity index (χ2n) is 7.68. The summed E-state index contributed by atoms with van der Waals surface area (Å²) in [6, 6.07) is 19.6. The predicted molar refractivity (Wildman–Crippen MR) is 130 cm³/mol. The van der Waals surface area contributed by atoms with Gasteiger partial charge in [0.25, 0.3) is 21.8 Å². The molecule has 3 aromatic rings. The van der Waals surface area contributed by atoms with Gasteiger partial charge in [0.2, 0.25) is 0 Å². The molecule has 0 aliphatic carbocycles. The molecule has 8 heteroatoms. The summed E-state index contributed by atoms with van der Waals surface area (Å²) in [6.07, 6.45) is 0.783. The van der Waals surface area contributed by atoms with Gasteiger partial charge in [-0.05, 0) is 62.2 Å². The SMILES string of the molecule is CC[C@H](C)NC(=O)c1ccccc1NC(=O)c1cccc(NS(=O)(=O)c2ccccc2)c1C. The van der Waals surface area contributed by atoms with E-state index >= 15 is 0 Å². The molecule has 0 saturated carbocycles. The standard InChI is InChI=1S/C25H27N3O4S/c1-4-17(2)26-25(30)21-13-8-9-15-23(21)27-24(29)20-14-10-16-22(18(20)3)28-33(31,32)19-11-6-5-7-12-19/h5-17,28H,4H2,1-3H3,(H,26,30)(H,27,29)/t17-/m0/s1. The molecule has 0 bridgehead atoms. The van der Waals surface area contributed by atoms with E-state index < -0.39 is 15.9 Å². The second-order valence-corrected chi connectivity index (χ2v) is 9.36. The molecule has 0 saturated heterocycles. The van der Waals surface area contributed by atoms with Crippen LogP contribution in [-0.2, 0) is 10.0 Å². The first-order valence-corrected chi connectivity index (χ1v) is 12.1. The number of carbonyl (C=O) groups excluding carboxylic acids is 2. The molecule has 0 unspecified atom stereocenters. The number of amides is 2. The van der Waals surface area contributed by atoms with Crippen molar-refractivity contribution in [2.24, 2.45) is 0 Å². The van der Waals surface area contributed by atoms with Gasteiger partial charge in [-0.1, -0.05) is 43.3 Å². The van der Waals surface area contributed by atoms with E-state index in [1.807, 2.05) is 13.8 Å². The van der Waals surface area contributed by atoms with E-state index in [0.29, 0.717) is 28.1 Å². The fourth-order valence-electron chi connectivity index (χ4n) is 3.18. The van der Waals surface area contributed by atoms with E-state index in [1.165, 1.54) is 12.1 Å². The Morgan fingerprint density at radius 3 is 2.12 bits per heavy atom. The minimum atomic E-state index is -3.80. The maximum absolute atomic E-state index is 13.1. The Balaban J connectivity index is 1.85. The molecular weight excluding hydrogens is 438 g/mol. The lowest BCUT2D eigenvalue weighted by Crippen LogP contribution is -2.32. The van der Waals surface area contributed by atoms with Crippen molar-refractivity contribution in [1.29, 1.82) is 0 Å². The minimum Gasteiger partial charge on any atom is -0.350 e. The number of hydrogen-bond donors (Lipinski definition) is 3. The Labute approximate surface area is 194 Å². The van der Waals surface area contributed by atoms with Crippen molar-refractivity contribution in [2.75, 3.05) is 10.0 Å². The van der Waals surface area contributed by atoms with Crippen molar-refractivity contribution in [3.63, 3.8) is 0 Å². The van der Waals surface area contributed by atoms with Gasteiger partial charge < -0.3 is 10.6 Å². The molecule has 2 amide bonds. The monoisotopic (exact) mass is 465 g/mol. The van der Waals surface area contributed by atoms with Gasteiger partial charge in [0.15, 0.2) is 0 Å². The highest BCUT2D eigenvalue weighted by Gasteiger charge is 2.19. The zero-order chi connectivity index (χ0) is 24.0. The molecule has 0 aliphatic heterocycles. The highest BCUT2D eigenvalue weighted by atomic mass is 32.2. The van der Waals surface area contributed by atoms with Gasteiger partial charge in [-0.3, -0.25) is 14.3 Å². The van der Waals surface area contributed by atoms with Crippen LogP contribution in [0.15, 0.2) is 77.7 Å². The topological polar surface area (TPSA) is 104 Å². The zero-order valence-corrected chi connectivity index (χ0v) is 19.6. The Kier molecular flexibility index (Phi) is 7.50. The molecule has 1 atom stereocenters. The van der Waals surface area contributed by atoms with Crippen molar-refractivity contribution < 1.29 is 18.0 Å². The largest absolute Gasteiger partial charge is 0.350 e. The fraction of sp³-hybridized carbons (Fsp3) is 0.200. The van der Waals surface area contributed by atoms with E-state index in [1.54, 1.807) is 67.6 Å². The Morgan fingerprint density at radius 1 is 0.818 bits per heavy atom.